The van der Waals surface area contributed by atoms with Gasteiger partial charge in [-0.05, 0) is 36.8 Å². The lowest BCUT2D eigenvalue weighted by Gasteiger charge is -2.37. The number of nitrogens with one attached hydrogen (secondary N) is 1. The molecule has 0 saturated heterocycles. The number of furan rings is 1. The van der Waals surface area contributed by atoms with E-state index in [1.165, 1.54) is 0 Å². The molecule has 1 aliphatic rings. The van der Waals surface area contributed by atoms with Crippen LogP contribution in [0.15, 0.2) is 82.3 Å². The van der Waals surface area contributed by atoms with Gasteiger partial charge in [0, 0.05) is 10.6 Å². The fraction of sp³-hybridized carbons (Fsp3) is 0.227. The number of carbonyl (C=O) groups is 1. The van der Waals surface area contributed by atoms with Crippen LogP contribution < -0.4 is 10.2 Å². The lowest BCUT2D eigenvalue weighted by Crippen LogP contribution is -2.43. The second kappa shape index (κ2) is 8.03. The first-order chi connectivity index (χ1) is 13.2. The molecule has 1 N–H and O–H groups in total. The maximum atomic E-state index is 13.2. The molecule has 2 heterocycles. The van der Waals surface area contributed by atoms with E-state index in [1.54, 1.807) is 18.0 Å². The van der Waals surface area contributed by atoms with Gasteiger partial charge < -0.3 is 9.32 Å². The van der Waals surface area contributed by atoms with Crippen LogP contribution in [0.1, 0.15) is 30.3 Å². The van der Waals surface area contributed by atoms with Gasteiger partial charge in [-0.2, -0.15) is 0 Å². The number of hydrogen-bond acceptors (Lipinski definition) is 4. The predicted octanol–water partition coefficient (Wildman–Crippen LogP) is 4.81. The summed E-state index contributed by atoms with van der Waals surface area (Å²) in [4.78, 5) is 16.3. The minimum Gasteiger partial charge on any atom is -0.468 e. The zero-order valence-electron chi connectivity index (χ0n) is 15.2. The third-order valence-electron chi connectivity index (χ3n) is 4.82. The molecule has 27 heavy (non-hydrogen) atoms. The van der Waals surface area contributed by atoms with Crippen LogP contribution >= 0.6 is 11.8 Å². The van der Waals surface area contributed by atoms with E-state index in [9.17, 15) is 4.79 Å². The predicted molar refractivity (Wildman–Crippen MR) is 109 cm³/mol. The molecule has 0 spiro atoms. The molecule has 4 rings (SSSR count). The van der Waals surface area contributed by atoms with Crippen LogP contribution in [0, 0.1) is 0 Å². The number of thioether (sulfide) groups is 1. The Morgan fingerprint density at radius 3 is 2.70 bits per heavy atom. The molecule has 2 atom stereocenters. The monoisotopic (exact) mass is 378 g/mol. The first-order valence-electron chi connectivity index (χ1n) is 9.09. The average Bonchev–Trinajstić information content (AvgIpc) is 3.26. The minimum absolute atomic E-state index is 0.0199. The number of para-hydroxylation sites is 1. The van der Waals surface area contributed by atoms with E-state index >= 15 is 0 Å². The Kier molecular flexibility index (Phi) is 5.32. The van der Waals surface area contributed by atoms with E-state index in [1.807, 2.05) is 60.4 Å². The summed E-state index contributed by atoms with van der Waals surface area (Å²) < 4.78 is 5.43. The molecular formula is C22H22N2O2S. The molecule has 5 heteroatoms. The summed E-state index contributed by atoms with van der Waals surface area (Å²) in [5.41, 5.74) is 2.15. The summed E-state index contributed by atoms with van der Waals surface area (Å²) in [7, 11) is 0. The van der Waals surface area contributed by atoms with Crippen molar-refractivity contribution in [3.05, 3.63) is 84.3 Å². The van der Waals surface area contributed by atoms with Crippen LogP contribution in [-0.2, 0) is 4.79 Å². The molecule has 1 aromatic heterocycles. The SMILES string of the molecule is C[C@H](NCC(=O)N1c2ccccc2SC[C@H]1c1ccccc1)c1ccco1. The summed E-state index contributed by atoms with van der Waals surface area (Å²) in [6.45, 7) is 2.25. The van der Waals surface area contributed by atoms with E-state index in [2.05, 4.69) is 23.5 Å². The van der Waals surface area contributed by atoms with Gasteiger partial charge in [0.15, 0.2) is 0 Å². The van der Waals surface area contributed by atoms with Crippen LogP contribution in [-0.4, -0.2) is 18.2 Å². The fourth-order valence-corrected chi connectivity index (χ4v) is 4.55. The Hall–Kier alpha value is -2.50. The molecule has 4 nitrogen and oxygen atoms in total. The summed E-state index contributed by atoms with van der Waals surface area (Å²) >= 11 is 1.81. The van der Waals surface area contributed by atoms with Crippen LogP contribution in [0.3, 0.4) is 0 Å². The van der Waals surface area contributed by atoms with Crippen molar-refractivity contribution in [3.8, 4) is 0 Å². The van der Waals surface area contributed by atoms with Crippen LogP contribution in [0.2, 0.25) is 0 Å². The highest BCUT2D eigenvalue weighted by Crippen LogP contribution is 2.43. The van der Waals surface area contributed by atoms with Crippen molar-refractivity contribution in [1.29, 1.82) is 0 Å². The zero-order valence-corrected chi connectivity index (χ0v) is 16.0. The number of nitrogens with zero attached hydrogens (tertiary/aromatic N) is 1. The van der Waals surface area contributed by atoms with E-state index in [4.69, 9.17) is 4.42 Å². The second-order valence-corrected chi connectivity index (χ2v) is 7.65. The number of rotatable bonds is 5. The van der Waals surface area contributed by atoms with E-state index in [0.29, 0.717) is 0 Å². The maximum absolute atomic E-state index is 13.2. The highest BCUT2D eigenvalue weighted by atomic mass is 32.2. The van der Waals surface area contributed by atoms with Gasteiger partial charge in [-0.3, -0.25) is 10.1 Å². The van der Waals surface area contributed by atoms with Crippen molar-refractivity contribution >= 4 is 23.4 Å². The molecule has 0 bridgehead atoms. The smallest absolute Gasteiger partial charge is 0.241 e. The molecule has 0 saturated carbocycles. The van der Waals surface area contributed by atoms with Crippen molar-refractivity contribution in [2.45, 2.75) is 23.9 Å². The Labute approximate surface area is 163 Å². The molecular weight excluding hydrogens is 356 g/mol. The van der Waals surface area contributed by atoms with Crippen molar-refractivity contribution in [2.75, 3.05) is 17.2 Å². The van der Waals surface area contributed by atoms with Gasteiger partial charge in [0.2, 0.25) is 5.91 Å². The van der Waals surface area contributed by atoms with E-state index in [-0.39, 0.29) is 24.5 Å². The Morgan fingerprint density at radius 1 is 1.15 bits per heavy atom. The van der Waals surface area contributed by atoms with Crippen molar-refractivity contribution in [2.24, 2.45) is 0 Å². The maximum Gasteiger partial charge on any atom is 0.241 e. The highest BCUT2D eigenvalue weighted by molar-refractivity contribution is 7.99. The lowest BCUT2D eigenvalue weighted by atomic mass is 10.1. The van der Waals surface area contributed by atoms with Gasteiger partial charge in [-0.25, -0.2) is 0 Å². The molecule has 2 aromatic carbocycles. The Bertz CT molecular complexity index is 896. The third-order valence-corrected chi connectivity index (χ3v) is 5.95. The van der Waals surface area contributed by atoms with Gasteiger partial charge >= 0.3 is 0 Å². The lowest BCUT2D eigenvalue weighted by molar-refractivity contribution is -0.118. The van der Waals surface area contributed by atoms with Gasteiger partial charge in [-0.1, -0.05) is 42.5 Å². The number of fused-ring (bicyclic) bond motifs is 1. The van der Waals surface area contributed by atoms with Gasteiger partial charge in [0.1, 0.15) is 5.76 Å². The molecule has 0 radical (unpaired) electrons. The number of carbonyl (C=O) groups excluding carboxylic acids is 1. The molecule has 1 aliphatic heterocycles. The average molecular weight is 378 g/mol. The highest BCUT2D eigenvalue weighted by Gasteiger charge is 2.32. The van der Waals surface area contributed by atoms with Crippen LogP contribution in [0.5, 0.6) is 0 Å². The van der Waals surface area contributed by atoms with Crippen molar-refractivity contribution in [3.63, 3.8) is 0 Å². The minimum atomic E-state index is -0.0199. The number of amides is 1. The molecule has 0 unspecified atom stereocenters. The van der Waals surface area contributed by atoms with Crippen LogP contribution in [0.25, 0.3) is 0 Å². The second-order valence-electron chi connectivity index (χ2n) is 6.59. The van der Waals surface area contributed by atoms with Gasteiger partial charge in [0.05, 0.1) is 30.6 Å². The molecule has 0 fully saturated rings. The fourth-order valence-electron chi connectivity index (χ4n) is 3.38. The topological polar surface area (TPSA) is 45.5 Å². The van der Waals surface area contributed by atoms with E-state index in [0.717, 1.165) is 27.7 Å². The largest absolute Gasteiger partial charge is 0.468 e. The number of benzene rings is 2. The summed E-state index contributed by atoms with van der Waals surface area (Å²) in [5.74, 6) is 1.74. The summed E-state index contributed by atoms with van der Waals surface area (Å²) in [5, 5.41) is 3.29. The Balaban J connectivity index is 1.58. The van der Waals surface area contributed by atoms with Gasteiger partial charge in [-0.15, -0.1) is 11.8 Å². The summed E-state index contributed by atoms with van der Waals surface area (Å²) in [6.07, 6.45) is 1.65. The van der Waals surface area contributed by atoms with E-state index < -0.39 is 0 Å². The Morgan fingerprint density at radius 2 is 1.93 bits per heavy atom. The first kappa shape index (κ1) is 17.9. The normalized spacial score (nSPS) is 17.4. The number of hydrogen-bond donors (Lipinski definition) is 1. The van der Waals surface area contributed by atoms with Crippen molar-refractivity contribution in [1.82, 2.24) is 5.32 Å². The van der Waals surface area contributed by atoms with Crippen LogP contribution in [0.4, 0.5) is 5.69 Å². The van der Waals surface area contributed by atoms with Crippen molar-refractivity contribution < 1.29 is 9.21 Å². The first-order valence-corrected chi connectivity index (χ1v) is 10.1. The standard InChI is InChI=1S/C22H22N2O2S/c1-16(20-11-7-13-26-20)23-14-22(25)24-18-10-5-6-12-21(18)27-15-19(24)17-8-3-2-4-9-17/h2-13,16,19,23H,14-15H2,1H3/t16-,19-/m0/s1. The zero-order chi connectivity index (χ0) is 18.6. The molecule has 1 amide bonds. The molecule has 0 aliphatic carbocycles. The quantitative estimate of drug-likeness (QED) is 0.692. The third kappa shape index (κ3) is 3.80. The van der Waals surface area contributed by atoms with Gasteiger partial charge in [0.25, 0.3) is 0 Å². The summed E-state index contributed by atoms with van der Waals surface area (Å²) in [6, 6.07) is 22.2. The molecule has 138 valence electrons. The number of anilines is 1. The molecule has 3 aromatic rings.